The first-order chi connectivity index (χ1) is 9.84. The molecular weight excluding hydrogens is 244 g/mol. The van der Waals surface area contributed by atoms with Gasteiger partial charge in [-0.2, -0.15) is 0 Å². The third kappa shape index (κ3) is 3.01. The zero-order chi connectivity index (χ0) is 13.8. The van der Waals surface area contributed by atoms with Crippen LogP contribution in [0.4, 0.5) is 0 Å². The zero-order valence-corrected chi connectivity index (χ0v) is 12.3. The van der Waals surface area contributed by atoms with Crippen LogP contribution in [-0.4, -0.2) is 11.0 Å². The highest BCUT2D eigenvalue weighted by Crippen LogP contribution is 2.24. The number of hydrogen-bond donors (Lipinski definition) is 1. The fraction of sp³-hybridized carbons (Fsp3) is 0.500. The standard InChI is InChI=1S/C18H24N2/c1-14-7-3-2-4-9-17(14)20-13-15-11-12-19-18-10-6-5-8-16(15)18/h5-6,8,10-12,14,17,20H,2-4,7,9,13H2,1H3. The van der Waals surface area contributed by atoms with E-state index in [9.17, 15) is 0 Å². The maximum atomic E-state index is 4.44. The molecular formula is C18H24N2. The molecule has 2 atom stereocenters. The van der Waals surface area contributed by atoms with E-state index in [0.717, 1.165) is 18.0 Å². The van der Waals surface area contributed by atoms with Gasteiger partial charge in [0, 0.05) is 24.2 Å². The molecule has 2 nitrogen and oxygen atoms in total. The van der Waals surface area contributed by atoms with Crippen LogP contribution in [0.25, 0.3) is 10.9 Å². The molecule has 0 spiro atoms. The van der Waals surface area contributed by atoms with Crippen molar-refractivity contribution < 1.29 is 0 Å². The Morgan fingerprint density at radius 2 is 1.95 bits per heavy atom. The molecule has 0 bridgehead atoms. The highest BCUT2D eigenvalue weighted by Gasteiger charge is 2.19. The summed E-state index contributed by atoms with van der Waals surface area (Å²) in [7, 11) is 0. The lowest BCUT2D eigenvalue weighted by molar-refractivity contribution is 0.356. The summed E-state index contributed by atoms with van der Waals surface area (Å²) in [6.07, 6.45) is 8.80. The fourth-order valence-corrected chi connectivity index (χ4v) is 3.35. The minimum Gasteiger partial charge on any atom is -0.310 e. The molecule has 1 heterocycles. The molecule has 2 unspecified atom stereocenters. The lowest BCUT2D eigenvalue weighted by atomic mass is 9.96. The predicted octanol–water partition coefficient (Wildman–Crippen LogP) is 4.29. The molecule has 2 aromatic rings. The topological polar surface area (TPSA) is 24.9 Å². The van der Waals surface area contributed by atoms with Crippen LogP contribution < -0.4 is 5.32 Å². The summed E-state index contributed by atoms with van der Waals surface area (Å²) in [6, 6.07) is 11.2. The monoisotopic (exact) mass is 268 g/mol. The summed E-state index contributed by atoms with van der Waals surface area (Å²) < 4.78 is 0. The van der Waals surface area contributed by atoms with Crippen LogP contribution in [0.3, 0.4) is 0 Å². The molecule has 106 valence electrons. The summed E-state index contributed by atoms with van der Waals surface area (Å²) in [5, 5.41) is 5.07. The Hall–Kier alpha value is -1.41. The Morgan fingerprint density at radius 3 is 2.90 bits per heavy atom. The summed E-state index contributed by atoms with van der Waals surface area (Å²) in [5.74, 6) is 0.797. The van der Waals surface area contributed by atoms with Crippen LogP contribution in [-0.2, 0) is 6.54 Å². The Kier molecular flexibility index (Phi) is 4.31. The minimum atomic E-state index is 0.671. The highest BCUT2D eigenvalue weighted by atomic mass is 14.9. The molecule has 1 aliphatic carbocycles. The van der Waals surface area contributed by atoms with Crippen molar-refractivity contribution >= 4 is 10.9 Å². The molecule has 1 aliphatic rings. The van der Waals surface area contributed by atoms with Crippen molar-refractivity contribution in [3.05, 3.63) is 42.1 Å². The average molecular weight is 268 g/mol. The molecule has 0 amide bonds. The minimum absolute atomic E-state index is 0.671. The van der Waals surface area contributed by atoms with Crippen molar-refractivity contribution in [1.82, 2.24) is 10.3 Å². The van der Waals surface area contributed by atoms with Crippen LogP contribution in [0.5, 0.6) is 0 Å². The van der Waals surface area contributed by atoms with Gasteiger partial charge in [0.25, 0.3) is 0 Å². The second-order valence-electron chi connectivity index (χ2n) is 6.09. The quantitative estimate of drug-likeness (QED) is 0.840. The number of fused-ring (bicyclic) bond motifs is 1. The summed E-state index contributed by atoms with van der Waals surface area (Å²) in [6.45, 7) is 3.35. The van der Waals surface area contributed by atoms with Crippen molar-refractivity contribution in [2.75, 3.05) is 0 Å². The van der Waals surface area contributed by atoms with E-state index in [1.165, 1.54) is 43.1 Å². The van der Waals surface area contributed by atoms with E-state index in [1.54, 1.807) is 0 Å². The van der Waals surface area contributed by atoms with Gasteiger partial charge in [0.1, 0.15) is 0 Å². The largest absolute Gasteiger partial charge is 0.310 e. The number of pyridine rings is 1. The first kappa shape index (κ1) is 13.6. The van der Waals surface area contributed by atoms with Gasteiger partial charge < -0.3 is 5.32 Å². The van der Waals surface area contributed by atoms with Gasteiger partial charge in [0.05, 0.1) is 5.52 Å². The molecule has 1 aromatic carbocycles. The van der Waals surface area contributed by atoms with Gasteiger partial charge in [-0.05, 0) is 36.5 Å². The van der Waals surface area contributed by atoms with Crippen molar-refractivity contribution in [3.63, 3.8) is 0 Å². The normalized spacial score (nSPS) is 23.6. The average Bonchev–Trinajstić information content (AvgIpc) is 2.69. The molecule has 1 aromatic heterocycles. The number of nitrogens with one attached hydrogen (secondary N) is 1. The summed E-state index contributed by atoms with van der Waals surface area (Å²) in [4.78, 5) is 4.44. The van der Waals surface area contributed by atoms with E-state index < -0.39 is 0 Å². The highest BCUT2D eigenvalue weighted by molar-refractivity contribution is 5.81. The van der Waals surface area contributed by atoms with E-state index in [0.29, 0.717) is 6.04 Å². The lowest BCUT2D eigenvalue weighted by Gasteiger charge is -2.23. The Balaban J connectivity index is 1.73. The second-order valence-corrected chi connectivity index (χ2v) is 6.09. The smallest absolute Gasteiger partial charge is 0.0705 e. The Labute approximate surface area is 121 Å². The van der Waals surface area contributed by atoms with Crippen molar-refractivity contribution in [1.29, 1.82) is 0 Å². The van der Waals surface area contributed by atoms with E-state index in [1.807, 2.05) is 6.20 Å². The van der Waals surface area contributed by atoms with Gasteiger partial charge in [-0.1, -0.05) is 44.4 Å². The third-order valence-electron chi connectivity index (χ3n) is 4.66. The van der Waals surface area contributed by atoms with Crippen molar-refractivity contribution in [2.24, 2.45) is 5.92 Å². The zero-order valence-electron chi connectivity index (χ0n) is 12.3. The molecule has 1 N–H and O–H groups in total. The lowest BCUT2D eigenvalue weighted by Crippen LogP contribution is -2.33. The molecule has 3 rings (SSSR count). The number of hydrogen-bond acceptors (Lipinski definition) is 2. The first-order valence-electron chi connectivity index (χ1n) is 7.90. The van der Waals surface area contributed by atoms with Crippen LogP contribution in [0, 0.1) is 5.92 Å². The van der Waals surface area contributed by atoms with E-state index >= 15 is 0 Å². The van der Waals surface area contributed by atoms with Crippen molar-refractivity contribution in [3.8, 4) is 0 Å². The van der Waals surface area contributed by atoms with Gasteiger partial charge in [-0.3, -0.25) is 4.98 Å². The Bertz CT molecular complexity index is 559. The van der Waals surface area contributed by atoms with Crippen LogP contribution in [0.2, 0.25) is 0 Å². The number of para-hydroxylation sites is 1. The number of nitrogens with zero attached hydrogens (tertiary/aromatic N) is 1. The van der Waals surface area contributed by atoms with Gasteiger partial charge in [0.15, 0.2) is 0 Å². The third-order valence-corrected chi connectivity index (χ3v) is 4.66. The van der Waals surface area contributed by atoms with E-state index in [2.05, 4.69) is 47.6 Å². The molecule has 0 aliphatic heterocycles. The van der Waals surface area contributed by atoms with Gasteiger partial charge in [0.2, 0.25) is 0 Å². The molecule has 20 heavy (non-hydrogen) atoms. The molecule has 1 saturated carbocycles. The maximum absolute atomic E-state index is 4.44. The molecule has 1 fully saturated rings. The van der Waals surface area contributed by atoms with E-state index in [4.69, 9.17) is 0 Å². The van der Waals surface area contributed by atoms with Crippen LogP contribution in [0.1, 0.15) is 44.6 Å². The predicted molar refractivity (Wildman–Crippen MR) is 84.6 cm³/mol. The van der Waals surface area contributed by atoms with Gasteiger partial charge in [-0.25, -0.2) is 0 Å². The summed E-state index contributed by atoms with van der Waals surface area (Å²) in [5.41, 5.74) is 2.47. The van der Waals surface area contributed by atoms with Crippen LogP contribution >= 0.6 is 0 Å². The molecule has 2 heteroatoms. The Morgan fingerprint density at radius 1 is 1.10 bits per heavy atom. The molecule has 0 radical (unpaired) electrons. The first-order valence-corrected chi connectivity index (χ1v) is 7.90. The SMILES string of the molecule is CC1CCCCCC1NCc1ccnc2ccccc12. The number of benzene rings is 1. The van der Waals surface area contributed by atoms with Crippen molar-refractivity contribution in [2.45, 2.75) is 51.6 Å². The van der Waals surface area contributed by atoms with E-state index in [-0.39, 0.29) is 0 Å². The maximum Gasteiger partial charge on any atom is 0.0705 e. The van der Waals surface area contributed by atoms with Gasteiger partial charge >= 0.3 is 0 Å². The second kappa shape index (κ2) is 6.36. The number of rotatable bonds is 3. The molecule has 0 saturated heterocycles. The van der Waals surface area contributed by atoms with Gasteiger partial charge in [-0.15, -0.1) is 0 Å². The fourth-order valence-electron chi connectivity index (χ4n) is 3.35. The summed E-state index contributed by atoms with van der Waals surface area (Å²) >= 11 is 0. The van der Waals surface area contributed by atoms with Crippen LogP contribution in [0.15, 0.2) is 36.5 Å². The number of aromatic nitrogens is 1.